The third kappa shape index (κ3) is 3.35. The number of carbonyl (C=O) groups excluding carboxylic acids is 3. The van der Waals surface area contributed by atoms with E-state index in [1.54, 1.807) is 42.5 Å². The van der Waals surface area contributed by atoms with Gasteiger partial charge >= 0.3 is 5.97 Å². The molecule has 0 spiro atoms. The van der Waals surface area contributed by atoms with Gasteiger partial charge in [-0.3, -0.25) is 14.5 Å². The summed E-state index contributed by atoms with van der Waals surface area (Å²) >= 11 is 1.53. The van der Waals surface area contributed by atoms with Crippen LogP contribution in [-0.4, -0.2) is 40.7 Å². The van der Waals surface area contributed by atoms with Gasteiger partial charge in [-0.1, -0.05) is 30.3 Å². The number of benzene rings is 3. The number of nitrogens with zero attached hydrogens (tertiary/aromatic N) is 1. The lowest BCUT2D eigenvalue weighted by Crippen LogP contribution is -2.47. The highest BCUT2D eigenvalue weighted by atomic mass is 32.2. The average molecular weight is 445 g/mol. The first-order valence-electron chi connectivity index (χ1n) is 10.2. The Morgan fingerprint density at radius 2 is 1.59 bits per heavy atom. The minimum atomic E-state index is -1.01. The van der Waals surface area contributed by atoms with Gasteiger partial charge in [0.25, 0.3) is 11.8 Å². The fraction of sp³-hybridized carbons (Fsp3) is 0.160. The minimum Gasteiger partial charge on any atom is -0.456 e. The van der Waals surface area contributed by atoms with Crippen LogP contribution in [0.3, 0.4) is 0 Å². The maximum Gasteiger partial charge on any atom is 0.334 e. The summed E-state index contributed by atoms with van der Waals surface area (Å²) in [6.07, 6.45) is 2.21. The van der Waals surface area contributed by atoms with Gasteiger partial charge in [0, 0.05) is 10.8 Å². The lowest BCUT2D eigenvalue weighted by molar-refractivity contribution is -0.138. The molecule has 32 heavy (non-hydrogen) atoms. The van der Waals surface area contributed by atoms with Gasteiger partial charge in [0.15, 0.2) is 0 Å². The monoisotopic (exact) mass is 445 g/mol. The highest BCUT2D eigenvalue weighted by molar-refractivity contribution is 7.98. The van der Waals surface area contributed by atoms with Gasteiger partial charge in [-0.2, -0.15) is 11.8 Å². The topological polar surface area (TPSA) is 76.8 Å². The summed E-state index contributed by atoms with van der Waals surface area (Å²) in [5.41, 5.74) is 2.05. The van der Waals surface area contributed by atoms with Gasteiger partial charge in [0.2, 0.25) is 0 Å². The number of fused-ring (bicyclic) bond motifs is 4. The van der Waals surface area contributed by atoms with E-state index in [9.17, 15) is 14.4 Å². The van der Waals surface area contributed by atoms with Gasteiger partial charge < -0.3 is 9.15 Å². The summed E-state index contributed by atoms with van der Waals surface area (Å²) in [4.78, 5) is 40.1. The Labute approximate surface area is 188 Å². The first kappa shape index (κ1) is 20.3. The largest absolute Gasteiger partial charge is 0.456 e. The van der Waals surface area contributed by atoms with E-state index < -0.39 is 23.8 Å². The molecule has 1 aliphatic heterocycles. The summed E-state index contributed by atoms with van der Waals surface area (Å²) < 4.78 is 11.5. The summed E-state index contributed by atoms with van der Waals surface area (Å²) in [5, 5.41) is 1.74. The van der Waals surface area contributed by atoms with Crippen molar-refractivity contribution in [2.24, 2.45) is 0 Å². The number of hydrogen-bond acceptors (Lipinski definition) is 6. The van der Waals surface area contributed by atoms with E-state index in [1.165, 1.54) is 11.8 Å². The number of amides is 2. The van der Waals surface area contributed by atoms with Crippen molar-refractivity contribution >= 4 is 51.5 Å². The highest BCUT2D eigenvalue weighted by Crippen LogP contribution is 2.32. The molecule has 0 unspecified atom stereocenters. The van der Waals surface area contributed by atoms with E-state index in [0.29, 0.717) is 34.6 Å². The molecule has 0 fully saturated rings. The second kappa shape index (κ2) is 8.16. The van der Waals surface area contributed by atoms with Crippen molar-refractivity contribution in [2.75, 3.05) is 12.0 Å². The highest BCUT2D eigenvalue weighted by Gasteiger charge is 2.43. The molecule has 0 aliphatic carbocycles. The lowest BCUT2D eigenvalue weighted by Gasteiger charge is -2.24. The zero-order valence-electron chi connectivity index (χ0n) is 17.2. The molecule has 0 saturated carbocycles. The van der Waals surface area contributed by atoms with Crippen molar-refractivity contribution in [1.29, 1.82) is 0 Å². The Hall–Kier alpha value is -3.58. The Kier molecular flexibility index (Phi) is 5.19. The summed E-state index contributed by atoms with van der Waals surface area (Å²) in [6.45, 7) is 0. The van der Waals surface area contributed by atoms with E-state index in [1.807, 2.05) is 30.5 Å². The number of esters is 1. The van der Waals surface area contributed by atoms with Crippen molar-refractivity contribution in [3.63, 3.8) is 0 Å². The van der Waals surface area contributed by atoms with Crippen LogP contribution < -0.4 is 4.74 Å². The third-order valence-electron chi connectivity index (χ3n) is 5.57. The van der Waals surface area contributed by atoms with E-state index in [0.717, 1.165) is 21.3 Å². The Morgan fingerprint density at radius 1 is 0.938 bits per heavy atom. The molecule has 5 rings (SSSR count). The van der Waals surface area contributed by atoms with Gasteiger partial charge in [-0.25, -0.2) is 4.79 Å². The molecule has 0 saturated heterocycles. The molecular formula is C25H19NO5S. The first-order chi connectivity index (χ1) is 15.6. The normalized spacial score (nSPS) is 14.2. The van der Waals surface area contributed by atoms with Crippen molar-refractivity contribution in [2.45, 2.75) is 12.5 Å². The number of carbonyl (C=O) groups is 3. The molecule has 0 N–H and O–H groups in total. The first-order valence-corrected chi connectivity index (χ1v) is 11.6. The second-order valence-electron chi connectivity index (χ2n) is 7.50. The van der Waals surface area contributed by atoms with Crippen LogP contribution in [0.1, 0.15) is 27.1 Å². The van der Waals surface area contributed by atoms with Crippen molar-refractivity contribution < 1.29 is 23.5 Å². The average Bonchev–Trinajstić information content (AvgIpc) is 3.30. The number of thioether (sulfide) groups is 1. The number of ether oxygens (including phenoxy) is 1. The number of rotatable bonds is 6. The van der Waals surface area contributed by atoms with E-state index in [-0.39, 0.29) is 0 Å². The van der Waals surface area contributed by atoms with Crippen LogP contribution in [0.25, 0.3) is 21.9 Å². The molecule has 1 atom stereocenters. The molecular weight excluding hydrogens is 426 g/mol. The van der Waals surface area contributed by atoms with Crippen LogP contribution in [0, 0.1) is 0 Å². The van der Waals surface area contributed by atoms with Gasteiger partial charge in [0.1, 0.15) is 23.0 Å². The van der Waals surface area contributed by atoms with Crippen LogP contribution >= 0.6 is 11.8 Å². The van der Waals surface area contributed by atoms with Crippen LogP contribution in [0.5, 0.6) is 5.75 Å². The fourth-order valence-electron chi connectivity index (χ4n) is 4.03. The number of imide groups is 1. The van der Waals surface area contributed by atoms with E-state index in [4.69, 9.17) is 9.15 Å². The van der Waals surface area contributed by atoms with E-state index >= 15 is 0 Å². The Balaban J connectivity index is 1.46. The molecule has 0 bridgehead atoms. The van der Waals surface area contributed by atoms with Crippen LogP contribution in [-0.2, 0) is 4.79 Å². The maximum atomic E-state index is 13.2. The number of hydrogen-bond donors (Lipinski definition) is 0. The van der Waals surface area contributed by atoms with Crippen LogP contribution in [0.4, 0.5) is 0 Å². The molecule has 7 heteroatoms. The molecule has 3 aromatic carbocycles. The number of para-hydroxylation sites is 1. The molecule has 2 heterocycles. The van der Waals surface area contributed by atoms with Crippen LogP contribution in [0.15, 0.2) is 71.1 Å². The molecule has 4 aromatic rings. The van der Waals surface area contributed by atoms with E-state index in [2.05, 4.69) is 0 Å². The Bertz CT molecular complexity index is 1340. The van der Waals surface area contributed by atoms with Crippen LogP contribution in [0.2, 0.25) is 0 Å². The van der Waals surface area contributed by atoms with Gasteiger partial charge in [0.05, 0.1) is 11.1 Å². The second-order valence-corrected chi connectivity index (χ2v) is 8.49. The molecule has 6 nitrogen and oxygen atoms in total. The predicted octanol–water partition coefficient (Wildman–Crippen LogP) is 4.91. The zero-order valence-corrected chi connectivity index (χ0v) is 18.1. The van der Waals surface area contributed by atoms with Gasteiger partial charge in [-0.05, 0) is 54.8 Å². The Morgan fingerprint density at radius 3 is 2.31 bits per heavy atom. The summed E-state index contributed by atoms with van der Waals surface area (Å²) in [7, 11) is 0. The standard InChI is InChI=1S/C25H19NO5S/c1-32-13-12-20(26-23(27)17-7-2-3-8-18(17)24(26)28)25(29)30-15-10-11-22-19(14-15)16-6-4-5-9-21(16)31-22/h2-11,14,20H,12-13H2,1H3/t20-/m0/s1. The smallest absolute Gasteiger partial charge is 0.334 e. The molecule has 0 radical (unpaired) electrons. The molecule has 1 aromatic heterocycles. The molecule has 1 aliphatic rings. The minimum absolute atomic E-state index is 0.308. The zero-order chi connectivity index (χ0) is 22.2. The number of furan rings is 1. The summed E-state index contributed by atoms with van der Waals surface area (Å²) in [5.74, 6) is -0.645. The van der Waals surface area contributed by atoms with Gasteiger partial charge in [-0.15, -0.1) is 0 Å². The lowest BCUT2D eigenvalue weighted by atomic mass is 10.1. The SMILES string of the molecule is CSCC[C@@H](C(=O)Oc1ccc2oc3ccccc3c2c1)N1C(=O)c2ccccc2C1=O. The van der Waals surface area contributed by atoms with Crippen molar-refractivity contribution in [3.05, 3.63) is 77.9 Å². The van der Waals surface area contributed by atoms with Crippen molar-refractivity contribution in [3.8, 4) is 5.75 Å². The van der Waals surface area contributed by atoms with Crippen molar-refractivity contribution in [1.82, 2.24) is 4.90 Å². The quantitative estimate of drug-likeness (QED) is 0.238. The predicted molar refractivity (Wildman–Crippen MR) is 123 cm³/mol. The maximum absolute atomic E-state index is 13.2. The molecule has 160 valence electrons. The fourth-order valence-corrected chi connectivity index (χ4v) is 4.48. The summed E-state index contributed by atoms with van der Waals surface area (Å²) in [6, 6.07) is 18.4. The third-order valence-corrected chi connectivity index (χ3v) is 6.22. The molecule has 2 amide bonds.